The molecule has 0 fully saturated rings. The highest BCUT2D eigenvalue weighted by Gasteiger charge is 2.22. The average Bonchev–Trinajstić information content (AvgIpc) is 2.80. The summed E-state index contributed by atoms with van der Waals surface area (Å²) in [6, 6.07) is 17.0. The van der Waals surface area contributed by atoms with Gasteiger partial charge in [-0.25, -0.2) is 0 Å². The number of hydrogen-bond acceptors (Lipinski definition) is 5. The second-order valence-corrected chi connectivity index (χ2v) is 10.8. The molecule has 0 atom stereocenters. The monoisotopic (exact) mass is 532 g/mol. The highest BCUT2D eigenvalue weighted by Crippen LogP contribution is 2.34. The number of nitrogens with zero attached hydrogens (tertiary/aromatic N) is 3. The van der Waals surface area contributed by atoms with Crippen molar-refractivity contribution in [2.24, 2.45) is 10.1 Å². The van der Waals surface area contributed by atoms with Crippen LogP contribution in [0.5, 0.6) is 0 Å². The third-order valence-corrected chi connectivity index (χ3v) is 8.17. The Balaban J connectivity index is 1.73. The summed E-state index contributed by atoms with van der Waals surface area (Å²) in [6.45, 7) is 1.69. The Bertz CT molecular complexity index is 1580. The lowest BCUT2D eigenvalue weighted by atomic mass is 10.2. The number of thioether (sulfide) groups is 1. The van der Waals surface area contributed by atoms with E-state index < -0.39 is 21.5 Å². The Hall–Kier alpha value is -2.85. The zero-order chi connectivity index (χ0) is 24.5. The van der Waals surface area contributed by atoms with Crippen LogP contribution in [0.2, 0.25) is 10.0 Å². The number of aryl methyl sites for hydroxylation is 1. The van der Waals surface area contributed by atoms with Gasteiger partial charge in [0.2, 0.25) is 5.96 Å². The Morgan fingerprint density at radius 1 is 1.12 bits per heavy atom. The van der Waals surface area contributed by atoms with Crippen molar-refractivity contribution in [3.8, 4) is 0 Å². The molecule has 1 aromatic heterocycles. The lowest BCUT2D eigenvalue weighted by Gasteiger charge is -2.11. The van der Waals surface area contributed by atoms with Gasteiger partial charge in [0.25, 0.3) is 15.6 Å². The van der Waals surface area contributed by atoms with Crippen LogP contribution in [-0.4, -0.2) is 24.2 Å². The van der Waals surface area contributed by atoms with Gasteiger partial charge in [-0.15, -0.1) is 16.2 Å². The second-order valence-electron chi connectivity index (χ2n) is 7.34. The van der Waals surface area contributed by atoms with Gasteiger partial charge in [-0.2, -0.15) is 18.2 Å². The Morgan fingerprint density at radius 3 is 2.56 bits per heavy atom. The normalized spacial score (nSPS) is 12.3. The van der Waals surface area contributed by atoms with Crippen LogP contribution in [0.25, 0.3) is 10.8 Å². The van der Waals surface area contributed by atoms with E-state index in [2.05, 4.69) is 9.50 Å². The minimum absolute atomic E-state index is 0.0647. The molecular weight excluding hydrogens is 515 g/mol. The minimum Gasteiger partial charge on any atom is -0.367 e. The van der Waals surface area contributed by atoms with Gasteiger partial charge in [0.15, 0.2) is 0 Å². The van der Waals surface area contributed by atoms with Crippen molar-refractivity contribution in [3.05, 3.63) is 98.4 Å². The molecule has 34 heavy (non-hydrogen) atoms. The van der Waals surface area contributed by atoms with Crippen molar-refractivity contribution in [3.63, 3.8) is 0 Å². The molecule has 4 rings (SSSR count). The van der Waals surface area contributed by atoms with Gasteiger partial charge in [0.1, 0.15) is 4.90 Å². The SMILES string of the molecule is Cc1cc(S(=O)(=O)/N=C(\N)n2ncc3ccccc3c2=O)c(SCc2ccc(Cl)cc2)cc1Cl. The topological polar surface area (TPSA) is 107 Å². The summed E-state index contributed by atoms with van der Waals surface area (Å²) in [4.78, 5) is 13.1. The van der Waals surface area contributed by atoms with Crippen molar-refractivity contribution in [1.82, 2.24) is 9.78 Å². The highest BCUT2D eigenvalue weighted by molar-refractivity contribution is 7.99. The third kappa shape index (κ3) is 5.12. The van der Waals surface area contributed by atoms with Gasteiger partial charge in [-0.3, -0.25) is 4.79 Å². The second kappa shape index (κ2) is 9.79. The van der Waals surface area contributed by atoms with Crippen LogP contribution < -0.4 is 11.3 Å². The Kier molecular flexibility index (Phi) is 6.99. The number of aromatic nitrogens is 2. The van der Waals surface area contributed by atoms with Crippen LogP contribution in [0.1, 0.15) is 11.1 Å². The number of nitrogens with two attached hydrogens (primary N) is 1. The summed E-state index contributed by atoms with van der Waals surface area (Å²) >= 11 is 13.5. The van der Waals surface area contributed by atoms with E-state index in [0.717, 1.165) is 10.2 Å². The summed E-state index contributed by atoms with van der Waals surface area (Å²) in [5.74, 6) is -0.0822. The fourth-order valence-corrected chi connectivity index (χ4v) is 5.98. The first-order valence-corrected chi connectivity index (χ1v) is 13.1. The molecule has 1 heterocycles. The molecule has 0 bridgehead atoms. The molecule has 0 saturated heterocycles. The largest absolute Gasteiger partial charge is 0.367 e. The molecule has 7 nitrogen and oxygen atoms in total. The molecule has 174 valence electrons. The third-order valence-electron chi connectivity index (χ3n) is 4.94. The predicted molar refractivity (Wildman–Crippen MR) is 137 cm³/mol. The number of benzene rings is 3. The molecule has 0 spiro atoms. The smallest absolute Gasteiger partial charge is 0.286 e. The molecule has 2 N–H and O–H groups in total. The van der Waals surface area contributed by atoms with Crippen LogP contribution in [-0.2, 0) is 15.8 Å². The summed E-state index contributed by atoms with van der Waals surface area (Å²) < 4.78 is 31.0. The van der Waals surface area contributed by atoms with Crippen molar-refractivity contribution < 1.29 is 8.42 Å². The molecular formula is C23H18Cl2N4O3S2. The van der Waals surface area contributed by atoms with Gasteiger partial charge in [0.05, 0.1) is 11.6 Å². The molecule has 0 aliphatic heterocycles. The number of fused-ring (bicyclic) bond motifs is 1. The lowest BCUT2D eigenvalue weighted by Crippen LogP contribution is -2.35. The lowest BCUT2D eigenvalue weighted by molar-refractivity contribution is 0.595. The zero-order valence-corrected chi connectivity index (χ0v) is 20.9. The van der Waals surface area contributed by atoms with Crippen LogP contribution in [0.3, 0.4) is 0 Å². The van der Waals surface area contributed by atoms with E-state index in [1.54, 1.807) is 49.4 Å². The van der Waals surface area contributed by atoms with Crippen LogP contribution in [0.15, 0.2) is 85.8 Å². The predicted octanol–water partition coefficient (Wildman–Crippen LogP) is 4.86. The van der Waals surface area contributed by atoms with Crippen molar-refractivity contribution >= 4 is 61.7 Å². The van der Waals surface area contributed by atoms with Crippen LogP contribution in [0.4, 0.5) is 0 Å². The van der Waals surface area contributed by atoms with Gasteiger partial charge < -0.3 is 5.73 Å². The molecule has 0 saturated carbocycles. The highest BCUT2D eigenvalue weighted by atomic mass is 35.5. The maximum atomic E-state index is 13.2. The first-order valence-electron chi connectivity index (χ1n) is 9.91. The van der Waals surface area contributed by atoms with Crippen molar-refractivity contribution in [1.29, 1.82) is 0 Å². The van der Waals surface area contributed by atoms with Crippen LogP contribution in [0, 0.1) is 6.92 Å². The Morgan fingerprint density at radius 2 is 1.82 bits per heavy atom. The van der Waals surface area contributed by atoms with Crippen molar-refractivity contribution in [2.75, 3.05) is 0 Å². The van der Waals surface area contributed by atoms with Gasteiger partial charge in [-0.1, -0.05) is 53.5 Å². The number of rotatable bonds is 5. The van der Waals surface area contributed by atoms with E-state index in [1.807, 2.05) is 12.1 Å². The maximum Gasteiger partial charge on any atom is 0.286 e. The zero-order valence-electron chi connectivity index (χ0n) is 17.8. The molecule has 3 aromatic carbocycles. The van der Waals surface area contributed by atoms with E-state index in [-0.39, 0.29) is 4.90 Å². The van der Waals surface area contributed by atoms with E-state index in [4.69, 9.17) is 28.9 Å². The molecule has 0 unspecified atom stereocenters. The molecule has 0 amide bonds. The molecule has 11 heteroatoms. The van der Waals surface area contributed by atoms with E-state index in [1.165, 1.54) is 24.0 Å². The van der Waals surface area contributed by atoms with E-state index in [9.17, 15) is 13.2 Å². The molecule has 0 aliphatic rings. The minimum atomic E-state index is -4.30. The number of sulfonamides is 1. The summed E-state index contributed by atoms with van der Waals surface area (Å²) in [5.41, 5.74) is 6.87. The first kappa shape index (κ1) is 24.3. The standard InChI is InChI=1S/C23H18Cl2N4O3S2/c1-14-10-21(20(11-19(14)25)33-13-15-6-8-17(24)9-7-15)34(31,32)28-23(26)29-22(30)18-5-3-2-4-16(18)12-27-29/h2-12H,13H2,1H3,(H2,26,28). The van der Waals surface area contributed by atoms with E-state index in [0.29, 0.717) is 37.0 Å². The van der Waals surface area contributed by atoms with Gasteiger partial charge >= 0.3 is 0 Å². The van der Waals surface area contributed by atoms with Gasteiger partial charge in [0, 0.05) is 26.1 Å². The molecule has 0 radical (unpaired) electrons. The summed E-state index contributed by atoms with van der Waals surface area (Å²) in [6.07, 6.45) is 1.42. The molecule has 4 aromatic rings. The van der Waals surface area contributed by atoms with Crippen LogP contribution >= 0.6 is 35.0 Å². The average molecular weight is 533 g/mol. The maximum absolute atomic E-state index is 13.2. The van der Waals surface area contributed by atoms with Crippen molar-refractivity contribution in [2.45, 2.75) is 22.5 Å². The van der Waals surface area contributed by atoms with Gasteiger partial charge in [-0.05, 0) is 48.4 Å². The molecule has 0 aliphatic carbocycles. The Labute approximate surface area is 210 Å². The summed E-state index contributed by atoms with van der Waals surface area (Å²) in [5, 5.41) is 5.94. The summed E-state index contributed by atoms with van der Waals surface area (Å²) in [7, 11) is -4.30. The number of halogens is 2. The first-order chi connectivity index (χ1) is 16.2. The quantitative estimate of drug-likeness (QED) is 0.223. The van der Waals surface area contributed by atoms with E-state index >= 15 is 0 Å². The fourth-order valence-electron chi connectivity index (χ4n) is 3.16. The number of hydrogen-bond donors (Lipinski definition) is 1. The fraction of sp³-hybridized carbons (Fsp3) is 0.0870.